The van der Waals surface area contributed by atoms with Gasteiger partial charge in [-0.25, -0.2) is 8.42 Å². The zero-order chi connectivity index (χ0) is 20.9. The molecule has 0 aliphatic carbocycles. The maximum absolute atomic E-state index is 13.2. The first-order valence-electron chi connectivity index (χ1n) is 10.1. The van der Waals surface area contributed by atoms with E-state index in [2.05, 4.69) is 34.3 Å². The molecule has 0 radical (unpaired) electrons. The summed E-state index contributed by atoms with van der Waals surface area (Å²) in [4.78, 5) is 11.9. The fraction of sp³-hybridized carbons (Fsp3) is 0.261. The SMILES string of the molecule is CC(=O)c1cccc(S(=O)(=O)N2CCC3(CC2)Nc2ccccc2-n2cccc23)c1. The van der Waals surface area contributed by atoms with Crippen molar-refractivity contribution < 1.29 is 13.2 Å². The molecule has 0 bridgehead atoms. The van der Waals surface area contributed by atoms with Crippen LogP contribution in [0.5, 0.6) is 0 Å². The van der Waals surface area contributed by atoms with Crippen LogP contribution < -0.4 is 5.32 Å². The molecule has 154 valence electrons. The molecule has 7 heteroatoms. The molecule has 1 N–H and O–H groups in total. The van der Waals surface area contributed by atoms with Crippen molar-refractivity contribution in [3.8, 4) is 5.69 Å². The van der Waals surface area contributed by atoms with Crippen LogP contribution in [0.15, 0.2) is 71.8 Å². The molecule has 2 aliphatic heterocycles. The first-order valence-corrected chi connectivity index (χ1v) is 11.5. The summed E-state index contributed by atoms with van der Waals surface area (Å²) in [7, 11) is -3.65. The van der Waals surface area contributed by atoms with Crippen molar-refractivity contribution in [3.63, 3.8) is 0 Å². The number of rotatable bonds is 3. The van der Waals surface area contributed by atoms with Crippen molar-refractivity contribution in [1.29, 1.82) is 0 Å². The van der Waals surface area contributed by atoms with Crippen LogP contribution >= 0.6 is 0 Å². The third-order valence-electron chi connectivity index (χ3n) is 6.23. The molecule has 3 aromatic rings. The van der Waals surface area contributed by atoms with Crippen LogP contribution in [0.3, 0.4) is 0 Å². The average molecular weight is 422 g/mol. The van der Waals surface area contributed by atoms with Crippen molar-refractivity contribution in [1.82, 2.24) is 8.87 Å². The molecule has 0 amide bonds. The van der Waals surface area contributed by atoms with Gasteiger partial charge < -0.3 is 9.88 Å². The molecular weight excluding hydrogens is 398 g/mol. The van der Waals surface area contributed by atoms with Crippen molar-refractivity contribution in [3.05, 3.63) is 78.1 Å². The van der Waals surface area contributed by atoms with E-state index in [1.807, 2.05) is 18.2 Å². The summed E-state index contributed by atoms with van der Waals surface area (Å²) in [5, 5.41) is 3.70. The van der Waals surface area contributed by atoms with E-state index < -0.39 is 10.0 Å². The second-order valence-corrected chi connectivity index (χ2v) is 9.91. The Kier molecular flexibility index (Phi) is 4.34. The molecule has 0 saturated carbocycles. The van der Waals surface area contributed by atoms with Gasteiger partial charge >= 0.3 is 0 Å². The van der Waals surface area contributed by atoms with Crippen LogP contribution in [0, 0.1) is 0 Å². The maximum Gasteiger partial charge on any atom is 0.243 e. The summed E-state index contributed by atoms with van der Waals surface area (Å²) < 4.78 is 30.2. The summed E-state index contributed by atoms with van der Waals surface area (Å²) in [6.45, 7) is 2.26. The van der Waals surface area contributed by atoms with Crippen molar-refractivity contribution in [2.75, 3.05) is 18.4 Å². The van der Waals surface area contributed by atoms with E-state index in [0.717, 1.165) is 17.1 Å². The van der Waals surface area contributed by atoms with Crippen LogP contribution in [0.4, 0.5) is 5.69 Å². The highest BCUT2D eigenvalue weighted by atomic mass is 32.2. The van der Waals surface area contributed by atoms with Gasteiger partial charge in [0.1, 0.15) is 0 Å². The molecule has 1 saturated heterocycles. The molecule has 2 aliphatic rings. The molecule has 0 unspecified atom stereocenters. The lowest BCUT2D eigenvalue weighted by Crippen LogP contribution is -2.50. The number of nitrogens with one attached hydrogen (secondary N) is 1. The third-order valence-corrected chi connectivity index (χ3v) is 8.13. The molecular formula is C23H23N3O3S. The van der Waals surface area contributed by atoms with Crippen molar-refractivity contribution in [2.45, 2.75) is 30.2 Å². The number of hydrogen-bond donors (Lipinski definition) is 1. The predicted molar refractivity (Wildman–Crippen MR) is 116 cm³/mol. The summed E-state index contributed by atoms with van der Waals surface area (Å²) in [6, 6.07) is 18.6. The number of carbonyl (C=O) groups excluding carboxylic acids is 1. The summed E-state index contributed by atoms with van der Waals surface area (Å²) in [5.41, 5.74) is 3.45. The number of ketones is 1. The van der Waals surface area contributed by atoms with Crippen molar-refractivity contribution in [2.24, 2.45) is 0 Å². The van der Waals surface area contributed by atoms with Gasteiger partial charge in [-0.15, -0.1) is 0 Å². The first kappa shape index (κ1) is 19.1. The summed E-state index contributed by atoms with van der Waals surface area (Å²) in [6.07, 6.45) is 3.39. The highest BCUT2D eigenvalue weighted by Crippen LogP contribution is 2.43. The minimum Gasteiger partial charge on any atom is -0.372 e. The number of hydrogen-bond acceptors (Lipinski definition) is 4. The summed E-state index contributed by atoms with van der Waals surface area (Å²) >= 11 is 0. The number of benzene rings is 2. The van der Waals surface area contributed by atoms with E-state index in [1.54, 1.807) is 18.2 Å². The number of sulfonamides is 1. The molecule has 6 nitrogen and oxygen atoms in total. The minimum absolute atomic E-state index is 0.143. The number of para-hydroxylation sites is 2. The lowest BCUT2D eigenvalue weighted by Gasteiger charge is -2.45. The van der Waals surface area contributed by atoms with Crippen LogP contribution in [-0.4, -0.2) is 36.2 Å². The summed E-state index contributed by atoms with van der Waals surface area (Å²) in [5.74, 6) is -0.143. The van der Waals surface area contributed by atoms with Crippen molar-refractivity contribution >= 4 is 21.5 Å². The monoisotopic (exact) mass is 421 g/mol. The quantitative estimate of drug-likeness (QED) is 0.654. The molecule has 1 fully saturated rings. The number of fused-ring (bicyclic) bond motifs is 4. The molecule has 2 aromatic carbocycles. The molecule has 0 atom stereocenters. The topological polar surface area (TPSA) is 71.4 Å². The lowest BCUT2D eigenvalue weighted by atomic mass is 9.83. The molecule has 3 heterocycles. The lowest BCUT2D eigenvalue weighted by molar-refractivity contribution is 0.101. The Bertz CT molecular complexity index is 1240. The highest BCUT2D eigenvalue weighted by Gasteiger charge is 2.43. The Morgan fingerprint density at radius 3 is 2.53 bits per heavy atom. The number of aromatic nitrogens is 1. The third kappa shape index (κ3) is 2.88. The van der Waals surface area contributed by atoms with Crippen LogP contribution in [0.2, 0.25) is 0 Å². The fourth-order valence-corrected chi connectivity index (χ4v) is 6.09. The van der Waals surface area contributed by atoms with Crippen LogP contribution in [-0.2, 0) is 15.6 Å². The van der Waals surface area contributed by atoms with E-state index in [-0.39, 0.29) is 16.2 Å². The fourth-order valence-electron chi connectivity index (χ4n) is 4.61. The van der Waals surface area contributed by atoms with Gasteiger partial charge in [-0.05, 0) is 56.2 Å². The zero-order valence-electron chi connectivity index (χ0n) is 16.7. The Morgan fingerprint density at radius 2 is 1.77 bits per heavy atom. The normalized spacial score (nSPS) is 17.8. The van der Waals surface area contributed by atoms with Gasteiger partial charge in [-0.1, -0.05) is 24.3 Å². The van der Waals surface area contributed by atoms with E-state index in [9.17, 15) is 13.2 Å². The van der Waals surface area contributed by atoms with Gasteiger partial charge in [0.2, 0.25) is 10.0 Å². The minimum atomic E-state index is -3.65. The molecule has 1 spiro atoms. The van der Waals surface area contributed by atoms with E-state index in [1.165, 1.54) is 17.3 Å². The Balaban J connectivity index is 1.43. The second-order valence-electron chi connectivity index (χ2n) is 7.98. The largest absolute Gasteiger partial charge is 0.372 e. The first-order chi connectivity index (χ1) is 14.4. The Labute approximate surface area is 176 Å². The second kappa shape index (κ2) is 6.82. The average Bonchev–Trinajstić information content (AvgIpc) is 3.26. The van der Waals surface area contributed by atoms with E-state index in [4.69, 9.17) is 0 Å². The Morgan fingerprint density at radius 1 is 1.00 bits per heavy atom. The number of anilines is 1. The van der Waals surface area contributed by atoms with Gasteiger partial charge in [0.15, 0.2) is 5.78 Å². The molecule has 5 rings (SSSR count). The standard InChI is InChI=1S/C23H23N3O3S/c1-17(27)18-6-4-7-19(16-18)30(28,29)25-14-11-23(12-15-25)22-10-5-13-26(22)21-9-3-2-8-20(21)24-23/h2-10,13,16,24H,11-12,14-15H2,1H3. The number of Topliss-reactive ketones (excluding diaryl/α,β-unsaturated/α-hetero) is 1. The van der Waals surface area contributed by atoms with Crippen LogP contribution in [0.1, 0.15) is 35.8 Å². The van der Waals surface area contributed by atoms with E-state index >= 15 is 0 Å². The number of piperidine rings is 1. The predicted octanol–water partition coefficient (Wildman–Crippen LogP) is 3.79. The molecule has 1 aromatic heterocycles. The van der Waals surface area contributed by atoms with Gasteiger partial charge in [0, 0.05) is 30.5 Å². The molecule has 30 heavy (non-hydrogen) atoms. The van der Waals surface area contributed by atoms with Gasteiger partial charge in [-0.2, -0.15) is 4.31 Å². The number of carbonyl (C=O) groups is 1. The zero-order valence-corrected chi connectivity index (χ0v) is 17.5. The van der Waals surface area contributed by atoms with Gasteiger partial charge in [-0.3, -0.25) is 4.79 Å². The Hall–Kier alpha value is -2.90. The van der Waals surface area contributed by atoms with Gasteiger partial charge in [0.25, 0.3) is 0 Å². The van der Waals surface area contributed by atoms with Crippen LogP contribution in [0.25, 0.3) is 5.69 Å². The highest BCUT2D eigenvalue weighted by molar-refractivity contribution is 7.89. The maximum atomic E-state index is 13.2. The number of nitrogens with zero attached hydrogens (tertiary/aromatic N) is 2. The van der Waals surface area contributed by atoms with E-state index in [0.29, 0.717) is 31.5 Å². The van der Waals surface area contributed by atoms with Gasteiger partial charge in [0.05, 0.1) is 21.8 Å². The smallest absolute Gasteiger partial charge is 0.243 e.